The van der Waals surface area contributed by atoms with Gasteiger partial charge in [-0.25, -0.2) is 9.59 Å². The molecule has 2 N–H and O–H groups in total. The molecule has 0 saturated carbocycles. The van der Waals surface area contributed by atoms with Crippen molar-refractivity contribution in [3.05, 3.63) is 54.6 Å². The van der Waals surface area contributed by atoms with E-state index in [1.165, 1.54) is 69.3 Å². The van der Waals surface area contributed by atoms with Gasteiger partial charge >= 0.3 is 11.9 Å². The highest BCUT2D eigenvalue weighted by molar-refractivity contribution is 6.27. The molecule has 1 aliphatic rings. The minimum absolute atomic E-state index is 0.818. The molecule has 0 radical (unpaired) electrons. The molecule has 1 fully saturated rings. The van der Waals surface area contributed by atoms with Crippen LogP contribution in [-0.4, -0.2) is 53.3 Å². The van der Waals surface area contributed by atoms with Crippen molar-refractivity contribution in [2.75, 3.05) is 26.2 Å². The Labute approximate surface area is 184 Å². The topological polar surface area (TPSA) is 87.1 Å². The average Bonchev–Trinajstić information content (AvgIpc) is 3.06. The Bertz CT molecular complexity index is 774. The molecule has 0 spiro atoms. The van der Waals surface area contributed by atoms with Crippen molar-refractivity contribution in [2.24, 2.45) is 0 Å². The number of carboxylic acid groups (broad SMARTS) is 2. The van der Waals surface area contributed by atoms with Crippen LogP contribution >= 0.6 is 0 Å². The van der Waals surface area contributed by atoms with Gasteiger partial charge in [-0.15, -0.1) is 0 Å². The fourth-order valence-electron chi connectivity index (χ4n) is 3.56. The van der Waals surface area contributed by atoms with Crippen LogP contribution in [0.4, 0.5) is 0 Å². The Hall–Kier alpha value is -2.86. The van der Waals surface area contributed by atoms with Crippen molar-refractivity contribution in [1.29, 1.82) is 0 Å². The van der Waals surface area contributed by atoms with Crippen LogP contribution in [0.2, 0.25) is 0 Å². The van der Waals surface area contributed by atoms with Gasteiger partial charge in [0, 0.05) is 0 Å². The zero-order valence-corrected chi connectivity index (χ0v) is 18.0. The van der Waals surface area contributed by atoms with E-state index in [1.807, 2.05) is 0 Å². The molecule has 2 aromatic carbocycles. The zero-order chi connectivity index (χ0) is 22.3. The molecule has 0 amide bonds. The number of aliphatic carboxylic acids is 2. The number of hydrogen-bond donors (Lipinski definition) is 2. The third kappa shape index (κ3) is 10.1. The number of likely N-dealkylation sites (tertiary alicyclic amines) is 1. The zero-order valence-electron chi connectivity index (χ0n) is 18.0. The molecule has 168 valence electrons. The Kier molecular flexibility index (Phi) is 11.2. The average molecular weight is 428 g/mol. The summed E-state index contributed by atoms with van der Waals surface area (Å²) in [6.45, 7) is 4.70. The van der Waals surface area contributed by atoms with Gasteiger partial charge in [0.2, 0.25) is 0 Å². The molecule has 0 atom stereocenters. The van der Waals surface area contributed by atoms with Crippen LogP contribution in [0, 0.1) is 0 Å². The van der Waals surface area contributed by atoms with E-state index in [-0.39, 0.29) is 0 Å². The van der Waals surface area contributed by atoms with E-state index < -0.39 is 11.9 Å². The number of benzene rings is 2. The quantitative estimate of drug-likeness (QED) is 0.459. The Morgan fingerprint density at radius 1 is 0.774 bits per heavy atom. The van der Waals surface area contributed by atoms with Crippen molar-refractivity contribution in [2.45, 2.75) is 44.9 Å². The predicted molar refractivity (Wildman–Crippen MR) is 121 cm³/mol. The smallest absolute Gasteiger partial charge is 0.414 e. The van der Waals surface area contributed by atoms with Gasteiger partial charge in [0.25, 0.3) is 0 Å². The van der Waals surface area contributed by atoms with E-state index in [1.54, 1.807) is 0 Å². The van der Waals surface area contributed by atoms with E-state index in [9.17, 15) is 0 Å². The molecule has 0 aromatic heterocycles. The summed E-state index contributed by atoms with van der Waals surface area (Å²) in [6, 6.07) is 18.9. The fraction of sp³-hybridized carbons (Fsp3) is 0.440. The SMILES string of the molecule is O=C(O)C(=O)O.c1ccc(-c2cccc(OCCCCCN3CCCCCC3)c2)cc1. The lowest BCUT2D eigenvalue weighted by molar-refractivity contribution is -0.159. The van der Waals surface area contributed by atoms with E-state index in [0.29, 0.717) is 0 Å². The van der Waals surface area contributed by atoms with Crippen molar-refractivity contribution < 1.29 is 24.5 Å². The van der Waals surface area contributed by atoms with Crippen LogP contribution < -0.4 is 4.74 Å². The maximum Gasteiger partial charge on any atom is 0.414 e. The van der Waals surface area contributed by atoms with Gasteiger partial charge in [0.15, 0.2) is 0 Å². The van der Waals surface area contributed by atoms with E-state index in [4.69, 9.17) is 24.5 Å². The Morgan fingerprint density at radius 3 is 2.06 bits per heavy atom. The molecule has 3 rings (SSSR count). The maximum atomic E-state index is 9.10. The van der Waals surface area contributed by atoms with E-state index in [2.05, 4.69) is 59.5 Å². The second-order valence-electron chi connectivity index (χ2n) is 7.67. The lowest BCUT2D eigenvalue weighted by atomic mass is 10.1. The maximum absolute atomic E-state index is 9.10. The van der Waals surface area contributed by atoms with Crippen molar-refractivity contribution >= 4 is 11.9 Å². The number of carboxylic acids is 2. The molecule has 0 unspecified atom stereocenters. The van der Waals surface area contributed by atoms with Gasteiger partial charge in [0.1, 0.15) is 5.75 Å². The summed E-state index contributed by atoms with van der Waals surface area (Å²) in [4.78, 5) is 20.8. The van der Waals surface area contributed by atoms with Crippen LogP contribution in [0.5, 0.6) is 5.75 Å². The third-order valence-electron chi connectivity index (χ3n) is 5.21. The molecule has 31 heavy (non-hydrogen) atoms. The molecule has 0 bridgehead atoms. The van der Waals surface area contributed by atoms with Crippen LogP contribution in [0.15, 0.2) is 54.6 Å². The fourth-order valence-corrected chi connectivity index (χ4v) is 3.56. The lowest BCUT2D eigenvalue weighted by Crippen LogP contribution is -2.25. The van der Waals surface area contributed by atoms with Gasteiger partial charge in [-0.1, -0.05) is 55.3 Å². The Morgan fingerprint density at radius 2 is 1.42 bits per heavy atom. The number of unbranched alkanes of at least 4 members (excludes halogenated alkanes) is 2. The van der Waals surface area contributed by atoms with Gasteiger partial charge in [0.05, 0.1) is 6.61 Å². The molecule has 1 aliphatic heterocycles. The summed E-state index contributed by atoms with van der Waals surface area (Å²) in [5.41, 5.74) is 2.46. The van der Waals surface area contributed by atoms with Crippen molar-refractivity contribution in [3.63, 3.8) is 0 Å². The number of hydrogen-bond acceptors (Lipinski definition) is 4. The monoisotopic (exact) mass is 427 g/mol. The largest absolute Gasteiger partial charge is 0.494 e. The molecule has 1 saturated heterocycles. The second-order valence-corrected chi connectivity index (χ2v) is 7.67. The standard InChI is InChI=1S/C23H31NO.C2H2O4/c1-2-8-17-24(16-7-1)18-9-4-10-19-25-23-15-11-14-22(20-23)21-12-5-3-6-13-21;3-1(4)2(5)6/h3,5-6,11-15,20H,1-2,4,7-10,16-19H2;(H,3,4)(H,5,6). The normalized spacial score (nSPS) is 14.1. The van der Waals surface area contributed by atoms with Gasteiger partial charge < -0.3 is 19.8 Å². The number of nitrogens with zero attached hydrogens (tertiary/aromatic N) is 1. The van der Waals surface area contributed by atoms with Crippen LogP contribution in [0.3, 0.4) is 0 Å². The van der Waals surface area contributed by atoms with Gasteiger partial charge in [-0.3, -0.25) is 0 Å². The molecule has 1 heterocycles. The van der Waals surface area contributed by atoms with Crippen LogP contribution in [0.25, 0.3) is 11.1 Å². The van der Waals surface area contributed by atoms with Crippen LogP contribution in [0.1, 0.15) is 44.9 Å². The molecular weight excluding hydrogens is 394 g/mol. The molecule has 0 aliphatic carbocycles. The summed E-state index contributed by atoms with van der Waals surface area (Å²) in [5.74, 6) is -2.67. The predicted octanol–water partition coefficient (Wildman–Crippen LogP) is 4.93. The highest BCUT2D eigenvalue weighted by Crippen LogP contribution is 2.23. The summed E-state index contributed by atoms with van der Waals surface area (Å²) in [6.07, 6.45) is 9.33. The highest BCUT2D eigenvalue weighted by atomic mass is 16.5. The minimum Gasteiger partial charge on any atom is -0.494 e. The first-order valence-electron chi connectivity index (χ1n) is 11.0. The summed E-state index contributed by atoms with van der Waals surface area (Å²) in [7, 11) is 0. The number of rotatable bonds is 8. The molecule has 6 nitrogen and oxygen atoms in total. The summed E-state index contributed by atoms with van der Waals surface area (Å²) < 4.78 is 5.97. The first-order chi connectivity index (χ1) is 15.1. The number of ether oxygens (including phenoxy) is 1. The van der Waals surface area contributed by atoms with Crippen molar-refractivity contribution in [1.82, 2.24) is 4.90 Å². The van der Waals surface area contributed by atoms with E-state index in [0.717, 1.165) is 18.8 Å². The number of carbonyl (C=O) groups is 2. The lowest BCUT2D eigenvalue weighted by Gasteiger charge is -2.19. The molecular formula is C25H33NO5. The van der Waals surface area contributed by atoms with Gasteiger partial charge in [-0.05, 0) is 75.0 Å². The minimum atomic E-state index is -1.82. The first-order valence-corrected chi connectivity index (χ1v) is 11.0. The summed E-state index contributed by atoms with van der Waals surface area (Å²) in [5, 5.41) is 14.8. The van der Waals surface area contributed by atoms with Gasteiger partial charge in [-0.2, -0.15) is 0 Å². The Balaban J connectivity index is 0.000000501. The highest BCUT2D eigenvalue weighted by Gasteiger charge is 2.08. The molecule has 6 heteroatoms. The second kappa shape index (κ2) is 14.2. The third-order valence-corrected chi connectivity index (χ3v) is 5.21. The summed E-state index contributed by atoms with van der Waals surface area (Å²) >= 11 is 0. The van der Waals surface area contributed by atoms with E-state index >= 15 is 0 Å². The first kappa shape index (κ1) is 24.4. The van der Waals surface area contributed by atoms with Crippen LogP contribution in [-0.2, 0) is 9.59 Å². The molecule has 2 aromatic rings. The van der Waals surface area contributed by atoms with Crippen molar-refractivity contribution in [3.8, 4) is 16.9 Å².